The molecule has 0 radical (unpaired) electrons. The third-order valence-electron chi connectivity index (χ3n) is 5.90. The number of fused-ring (bicyclic) bond motifs is 2. The molecule has 2 bridgehead atoms. The summed E-state index contributed by atoms with van der Waals surface area (Å²) in [5.74, 6) is -0.666. The number of rotatable bonds is 3. The van der Waals surface area contributed by atoms with Crippen molar-refractivity contribution in [3.8, 4) is 11.1 Å². The van der Waals surface area contributed by atoms with Gasteiger partial charge in [-0.2, -0.15) is 0 Å². The fraction of sp³-hybridized carbons (Fsp3) is 0.409. The lowest BCUT2D eigenvalue weighted by Crippen LogP contribution is -2.48. The molecule has 2 unspecified atom stereocenters. The Balaban J connectivity index is 1.53. The standard InChI is InChI=1S/C22H25FN2O/c1-14-3-5-15(6-4-14)16-7-10-20(21(23)11-16)22(26)25(2)19-12-17-8-9-18(13-19)24-17/h3-7,10-11,17-19,24H,8-9,12-13H2,1-2H3. The number of amides is 1. The lowest BCUT2D eigenvalue weighted by Gasteiger charge is -2.35. The van der Waals surface area contributed by atoms with Gasteiger partial charge in [-0.25, -0.2) is 4.39 Å². The normalized spacial score (nSPS) is 24.5. The molecule has 2 fully saturated rings. The van der Waals surface area contributed by atoms with E-state index in [1.165, 1.54) is 24.5 Å². The summed E-state index contributed by atoms with van der Waals surface area (Å²) in [6, 6.07) is 14.1. The summed E-state index contributed by atoms with van der Waals surface area (Å²) >= 11 is 0. The summed E-state index contributed by atoms with van der Waals surface area (Å²) in [6.07, 6.45) is 4.29. The van der Waals surface area contributed by atoms with E-state index < -0.39 is 5.82 Å². The highest BCUT2D eigenvalue weighted by atomic mass is 19.1. The molecule has 4 heteroatoms. The first-order valence-electron chi connectivity index (χ1n) is 9.41. The van der Waals surface area contributed by atoms with Crippen LogP contribution in [0.15, 0.2) is 42.5 Å². The minimum Gasteiger partial charge on any atom is -0.339 e. The van der Waals surface area contributed by atoms with E-state index in [2.05, 4.69) is 5.32 Å². The van der Waals surface area contributed by atoms with Crippen LogP contribution in [0.4, 0.5) is 4.39 Å². The number of aryl methyl sites for hydroxylation is 1. The van der Waals surface area contributed by atoms with Crippen molar-refractivity contribution in [1.82, 2.24) is 10.2 Å². The average Bonchev–Trinajstić information content (AvgIpc) is 2.99. The van der Waals surface area contributed by atoms with Gasteiger partial charge in [-0.3, -0.25) is 4.79 Å². The van der Waals surface area contributed by atoms with Gasteiger partial charge in [0.05, 0.1) is 5.56 Å². The summed E-state index contributed by atoms with van der Waals surface area (Å²) < 4.78 is 14.7. The summed E-state index contributed by atoms with van der Waals surface area (Å²) in [4.78, 5) is 14.6. The molecule has 3 nitrogen and oxygen atoms in total. The zero-order valence-electron chi connectivity index (χ0n) is 15.3. The fourth-order valence-electron chi connectivity index (χ4n) is 4.31. The second-order valence-corrected chi connectivity index (χ2v) is 7.74. The predicted molar refractivity (Wildman–Crippen MR) is 102 cm³/mol. The maximum Gasteiger partial charge on any atom is 0.256 e. The number of benzene rings is 2. The van der Waals surface area contributed by atoms with Crippen LogP contribution < -0.4 is 5.32 Å². The number of piperidine rings is 1. The smallest absolute Gasteiger partial charge is 0.256 e. The van der Waals surface area contributed by atoms with E-state index in [1.807, 2.05) is 44.3 Å². The van der Waals surface area contributed by atoms with Crippen molar-refractivity contribution in [3.63, 3.8) is 0 Å². The first-order valence-corrected chi connectivity index (χ1v) is 9.41. The molecular formula is C22H25FN2O. The molecule has 2 aromatic carbocycles. The molecule has 0 aliphatic carbocycles. The van der Waals surface area contributed by atoms with E-state index in [4.69, 9.17) is 0 Å². The molecule has 136 valence electrons. The molecule has 2 heterocycles. The molecule has 2 atom stereocenters. The van der Waals surface area contributed by atoms with Crippen LogP contribution in [0, 0.1) is 12.7 Å². The molecule has 2 aromatic rings. The van der Waals surface area contributed by atoms with Gasteiger partial charge in [-0.1, -0.05) is 35.9 Å². The molecule has 4 rings (SSSR count). The second kappa shape index (κ2) is 6.84. The summed E-state index contributed by atoms with van der Waals surface area (Å²) in [7, 11) is 1.81. The third-order valence-corrected chi connectivity index (χ3v) is 5.90. The van der Waals surface area contributed by atoms with Crippen molar-refractivity contribution in [2.75, 3.05) is 7.05 Å². The first-order chi connectivity index (χ1) is 12.5. The maximum absolute atomic E-state index is 14.7. The number of hydrogen-bond donors (Lipinski definition) is 1. The maximum atomic E-state index is 14.7. The van der Waals surface area contributed by atoms with Crippen molar-refractivity contribution in [3.05, 3.63) is 59.4 Å². The van der Waals surface area contributed by atoms with Crippen molar-refractivity contribution in [2.45, 2.75) is 50.7 Å². The van der Waals surface area contributed by atoms with Gasteiger partial charge in [0.2, 0.25) is 0 Å². The van der Waals surface area contributed by atoms with E-state index in [9.17, 15) is 9.18 Å². The second-order valence-electron chi connectivity index (χ2n) is 7.74. The van der Waals surface area contributed by atoms with E-state index in [0.717, 1.165) is 24.0 Å². The highest BCUT2D eigenvalue weighted by Gasteiger charge is 2.36. The van der Waals surface area contributed by atoms with Gasteiger partial charge >= 0.3 is 0 Å². The van der Waals surface area contributed by atoms with Gasteiger partial charge in [-0.05, 0) is 55.9 Å². The molecular weight excluding hydrogens is 327 g/mol. The van der Waals surface area contributed by atoms with Gasteiger partial charge in [0.25, 0.3) is 5.91 Å². The van der Waals surface area contributed by atoms with Crippen LogP contribution in [-0.2, 0) is 0 Å². The molecule has 2 aliphatic heterocycles. The lowest BCUT2D eigenvalue weighted by atomic mass is 9.97. The van der Waals surface area contributed by atoms with Crippen LogP contribution in [0.25, 0.3) is 11.1 Å². The van der Waals surface area contributed by atoms with Gasteiger partial charge in [0.15, 0.2) is 0 Å². The van der Waals surface area contributed by atoms with Gasteiger partial charge in [-0.15, -0.1) is 0 Å². The molecule has 2 aliphatic rings. The third kappa shape index (κ3) is 3.26. The van der Waals surface area contributed by atoms with Crippen molar-refractivity contribution >= 4 is 5.91 Å². The average molecular weight is 352 g/mol. The molecule has 2 saturated heterocycles. The Morgan fingerprint density at radius 2 is 1.65 bits per heavy atom. The Labute approximate surface area is 154 Å². The van der Waals surface area contributed by atoms with Gasteiger partial charge in [0, 0.05) is 25.2 Å². The van der Waals surface area contributed by atoms with E-state index in [0.29, 0.717) is 12.1 Å². The molecule has 0 aromatic heterocycles. The van der Waals surface area contributed by atoms with Crippen molar-refractivity contribution < 1.29 is 9.18 Å². The quantitative estimate of drug-likeness (QED) is 0.900. The topological polar surface area (TPSA) is 32.3 Å². The van der Waals surface area contributed by atoms with Crippen LogP contribution in [-0.4, -0.2) is 36.0 Å². The Kier molecular flexibility index (Phi) is 4.53. The van der Waals surface area contributed by atoms with Crippen LogP contribution in [0.2, 0.25) is 0 Å². The Morgan fingerprint density at radius 1 is 1.04 bits per heavy atom. The van der Waals surface area contributed by atoms with Crippen LogP contribution in [0.3, 0.4) is 0 Å². The number of carbonyl (C=O) groups is 1. The highest BCUT2D eigenvalue weighted by Crippen LogP contribution is 2.30. The van der Waals surface area contributed by atoms with Crippen molar-refractivity contribution in [1.29, 1.82) is 0 Å². The SMILES string of the molecule is Cc1ccc(-c2ccc(C(=O)N(C)C3CC4CCC(C3)N4)c(F)c2)cc1. The fourth-order valence-corrected chi connectivity index (χ4v) is 4.31. The van der Waals surface area contributed by atoms with Crippen LogP contribution in [0.1, 0.15) is 41.6 Å². The number of nitrogens with one attached hydrogen (secondary N) is 1. The summed E-state index contributed by atoms with van der Waals surface area (Å²) in [5, 5.41) is 3.58. The monoisotopic (exact) mass is 352 g/mol. The number of carbonyl (C=O) groups excluding carboxylic acids is 1. The molecule has 0 saturated carbocycles. The first kappa shape index (κ1) is 17.2. The summed E-state index contributed by atoms with van der Waals surface area (Å²) in [5.41, 5.74) is 3.08. The van der Waals surface area contributed by atoms with E-state index in [1.54, 1.807) is 11.0 Å². The van der Waals surface area contributed by atoms with Crippen LogP contribution in [0.5, 0.6) is 0 Å². The van der Waals surface area contributed by atoms with Gasteiger partial charge in [0.1, 0.15) is 5.82 Å². The number of halogens is 1. The Bertz CT molecular complexity index is 805. The predicted octanol–water partition coefficient (Wildman–Crippen LogP) is 4.16. The van der Waals surface area contributed by atoms with Crippen LogP contribution >= 0.6 is 0 Å². The van der Waals surface area contributed by atoms with Gasteiger partial charge < -0.3 is 10.2 Å². The number of hydrogen-bond acceptors (Lipinski definition) is 2. The highest BCUT2D eigenvalue weighted by molar-refractivity contribution is 5.95. The van der Waals surface area contributed by atoms with E-state index in [-0.39, 0.29) is 17.5 Å². The minimum atomic E-state index is -0.447. The Morgan fingerprint density at radius 3 is 2.27 bits per heavy atom. The number of nitrogens with zero attached hydrogens (tertiary/aromatic N) is 1. The largest absolute Gasteiger partial charge is 0.339 e. The molecule has 1 N–H and O–H groups in total. The molecule has 26 heavy (non-hydrogen) atoms. The summed E-state index contributed by atoms with van der Waals surface area (Å²) in [6.45, 7) is 2.02. The Hall–Kier alpha value is -2.20. The molecule has 0 spiro atoms. The molecule has 1 amide bonds. The minimum absolute atomic E-state index is 0.161. The van der Waals surface area contributed by atoms with E-state index >= 15 is 0 Å². The lowest BCUT2D eigenvalue weighted by molar-refractivity contribution is 0.0677. The zero-order chi connectivity index (χ0) is 18.3. The zero-order valence-corrected chi connectivity index (χ0v) is 15.3. The van der Waals surface area contributed by atoms with Crippen molar-refractivity contribution in [2.24, 2.45) is 0 Å².